The van der Waals surface area contributed by atoms with Crippen molar-refractivity contribution in [2.24, 2.45) is 12.5 Å². The first-order valence-electron chi connectivity index (χ1n) is 8.17. The molecule has 2 aromatic rings. The van der Waals surface area contributed by atoms with E-state index in [-0.39, 0.29) is 28.9 Å². The van der Waals surface area contributed by atoms with E-state index in [1.54, 1.807) is 29.0 Å². The predicted octanol–water partition coefficient (Wildman–Crippen LogP) is 1.22. The molecule has 0 aliphatic carbocycles. The lowest BCUT2D eigenvalue weighted by atomic mass is 9.86. The van der Waals surface area contributed by atoms with E-state index < -0.39 is 0 Å². The van der Waals surface area contributed by atoms with Gasteiger partial charge in [0.25, 0.3) is 5.91 Å². The van der Waals surface area contributed by atoms with Gasteiger partial charge in [0.1, 0.15) is 12.1 Å². The number of halogens is 1. The lowest BCUT2D eigenvalue weighted by molar-refractivity contribution is -0.117. The zero-order chi connectivity index (χ0) is 17.6. The summed E-state index contributed by atoms with van der Waals surface area (Å²) in [4.78, 5) is 32.4. The van der Waals surface area contributed by atoms with Crippen LogP contribution >= 0.6 is 0 Å². The molecule has 1 unspecified atom stereocenters. The normalized spacial score (nSPS) is 23.0. The molecule has 25 heavy (non-hydrogen) atoms. The number of anilines is 1. The first-order chi connectivity index (χ1) is 12.0. The van der Waals surface area contributed by atoms with E-state index in [2.05, 4.69) is 10.1 Å². The summed E-state index contributed by atoms with van der Waals surface area (Å²) in [5.74, 6) is -0.341. The standard InChI is InChI=1S/C17H18FN5O2/c1-21-11-19-15(20-21)16(25)22-7-6-17(9-22)8-14(24)23(10-17)13-4-2-12(18)3-5-13/h2-5,11H,6-10H2,1H3. The molecule has 130 valence electrons. The Morgan fingerprint density at radius 1 is 1.24 bits per heavy atom. The summed E-state index contributed by atoms with van der Waals surface area (Å²) in [5, 5.41) is 4.06. The third-order valence-corrected chi connectivity index (χ3v) is 4.98. The molecule has 1 atom stereocenters. The topological polar surface area (TPSA) is 71.3 Å². The molecule has 2 fully saturated rings. The van der Waals surface area contributed by atoms with Crippen LogP contribution < -0.4 is 4.90 Å². The highest BCUT2D eigenvalue weighted by atomic mass is 19.1. The number of benzene rings is 1. The first-order valence-corrected chi connectivity index (χ1v) is 8.17. The fourth-order valence-corrected chi connectivity index (χ4v) is 3.71. The molecule has 2 aliphatic heterocycles. The van der Waals surface area contributed by atoms with E-state index in [1.165, 1.54) is 23.1 Å². The molecular formula is C17H18FN5O2. The van der Waals surface area contributed by atoms with Crippen LogP contribution in [0.1, 0.15) is 23.5 Å². The predicted molar refractivity (Wildman–Crippen MR) is 87.3 cm³/mol. The van der Waals surface area contributed by atoms with Crippen LogP contribution in [-0.4, -0.2) is 51.1 Å². The van der Waals surface area contributed by atoms with Crippen LogP contribution in [0.2, 0.25) is 0 Å². The highest BCUT2D eigenvalue weighted by Crippen LogP contribution is 2.42. The quantitative estimate of drug-likeness (QED) is 0.822. The summed E-state index contributed by atoms with van der Waals surface area (Å²) in [6, 6.07) is 5.93. The van der Waals surface area contributed by atoms with Crippen LogP contribution in [0.15, 0.2) is 30.6 Å². The molecule has 1 spiro atoms. The Morgan fingerprint density at radius 3 is 2.68 bits per heavy atom. The van der Waals surface area contributed by atoms with Crippen LogP contribution in [0.3, 0.4) is 0 Å². The summed E-state index contributed by atoms with van der Waals surface area (Å²) in [6.07, 6.45) is 2.65. The Labute approximate surface area is 144 Å². The fraction of sp³-hybridized carbons (Fsp3) is 0.412. The van der Waals surface area contributed by atoms with Gasteiger partial charge in [0.15, 0.2) is 0 Å². The van der Waals surface area contributed by atoms with Crippen LogP contribution in [0.25, 0.3) is 0 Å². The van der Waals surface area contributed by atoms with Crippen molar-refractivity contribution in [3.8, 4) is 0 Å². The molecule has 0 radical (unpaired) electrons. The van der Waals surface area contributed by atoms with Gasteiger partial charge in [-0.3, -0.25) is 14.3 Å². The van der Waals surface area contributed by atoms with Crippen LogP contribution in [0.4, 0.5) is 10.1 Å². The highest BCUT2D eigenvalue weighted by molar-refractivity contribution is 5.97. The third-order valence-electron chi connectivity index (χ3n) is 4.98. The van der Waals surface area contributed by atoms with Gasteiger partial charge in [-0.05, 0) is 30.7 Å². The SMILES string of the molecule is Cn1cnc(C(=O)N2CCC3(CC(=O)N(c4ccc(F)cc4)C3)C2)n1. The number of nitrogens with zero attached hydrogens (tertiary/aromatic N) is 5. The minimum Gasteiger partial charge on any atom is -0.335 e. The number of aromatic nitrogens is 3. The van der Waals surface area contributed by atoms with Gasteiger partial charge in [-0.2, -0.15) is 0 Å². The lowest BCUT2D eigenvalue weighted by Gasteiger charge is -2.24. The molecule has 7 nitrogen and oxygen atoms in total. The number of rotatable bonds is 2. The van der Waals surface area contributed by atoms with Gasteiger partial charge in [0.2, 0.25) is 11.7 Å². The second-order valence-electron chi connectivity index (χ2n) is 6.85. The summed E-state index contributed by atoms with van der Waals surface area (Å²) in [7, 11) is 1.71. The monoisotopic (exact) mass is 343 g/mol. The average Bonchev–Trinajstić information content (AvgIpc) is 3.28. The van der Waals surface area contributed by atoms with Gasteiger partial charge < -0.3 is 9.80 Å². The van der Waals surface area contributed by atoms with E-state index >= 15 is 0 Å². The molecule has 0 saturated carbocycles. The molecule has 2 amide bonds. The maximum absolute atomic E-state index is 13.1. The van der Waals surface area contributed by atoms with Crippen LogP contribution in [-0.2, 0) is 11.8 Å². The highest BCUT2D eigenvalue weighted by Gasteiger charge is 2.49. The van der Waals surface area contributed by atoms with Crippen molar-refractivity contribution in [3.63, 3.8) is 0 Å². The van der Waals surface area contributed by atoms with Gasteiger partial charge in [0, 0.05) is 44.2 Å². The average molecular weight is 343 g/mol. The number of aryl methyl sites for hydroxylation is 1. The van der Waals surface area contributed by atoms with Crippen molar-refractivity contribution in [2.45, 2.75) is 12.8 Å². The zero-order valence-electron chi connectivity index (χ0n) is 13.9. The number of hydrogen-bond acceptors (Lipinski definition) is 4. The van der Waals surface area contributed by atoms with E-state index in [0.717, 1.165) is 6.42 Å². The zero-order valence-corrected chi connectivity index (χ0v) is 13.9. The third kappa shape index (κ3) is 2.77. The number of hydrogen-bond donors (Lipinski definition) is 0. The lowest BCUT2D eigenvalue weighted by Crippen LogP contribution is -2.34. The molecule has 1 aromatic carbocycles. The maximum Gasteiger partial charge on any atom is 0.293 e. The molecule has 3 heterocycles. The van der Waals surface area contributed by atoms with E-state index in [9.17, 15) is 14.0 Å². The van der Waals surface area contributed by atoms with Crippen LogP contribution in [0.5, 0.6) is 0 Å². The Morgan fingerprint density at radius 2 is 2.00 bits per heavy atom. The van der Waals surface area contributed by atoms with E-state index in [4.69, 9.17) is 0 Å². The van der Waals surface area contributed by atoms with Crippen molar-refractivity contribution in [1.29, 1.82) is 0 Å². The molecule has 2 saturated heterocycles. The number of carbonyl (C=O) groups excluding carboxylic acids is 2. The van der Waals surface area contributed by atoms with Crippen molar-refractivity contribution >= 4 is 17.5 Å². The minimum atomic E-state index is -0.328. The fourth-order valence-electron chi connectivity index (χ4n) is 3.71. The molecule has 0 bridgehead atoms. The van der Waals surface area contributed by atoms with Crippen LogP contribution in [0, 0.1) is 11.2 Å². The van der Waals surface area contributed by atoms with Gasteiger partial charge in [-0.25, -0.2) is 9.37 Å². The Bertz CT molecular complexity index is 834. The van der Waals surface area contributed by atoms with Crippen molar-refractivity contribution < 1.29 is 14.0 Å². The molecule has 2 aliphatic rings. The number of amides is 2. The summed E-state index contributed by atoms with van der Waals surface area (Å²) >= 11 is 0. The maximum atomic E-state index is 13.1. The number of carbonyl (C=O) groups is 2. The van der Waals surface area contributed by atoms with Crippen molar-refractivity contribution in [1.82, 2.24) is 19.7 Å². The summed E-state index contributed by atoms with van der Waals surface area (Å²) in [6.45, 7) is 1.63. The molecule has 0 N–H and O–H groups in total. The van der Waals surface area contributed by atoms with Gasteiger partial charge in [0.05, 0.1) is 0 Å². The van der Waals surface area contributed by atoms with E-state index in [0.29, 0.717) is 31.7 Å². The smallest absolute Gasteiger partial charge is 0.293 e. The Balaban J connectivity index is 1.50. The molecular weight excluding hydrogens is 325 g/mol. The Kier molecular flexibility index (Phi) is 3.55. The molecule has 4 rings (SSSR count). The van der Waals surface area contributed by atoms with Crippen molar-refractivity contribution in [3.05, 3.63) is 42.2 Å². The largest absolute Gasteiger partial charge is 0.335 e. The second kappa shape index (κ2) is 5.65. The summed E-state index contributed by atoms with van der Waals surface area (Å²) in [5.41, 5.74) is 0.440. The molecule has 8 heteroatoms. The van der Waals surface area contributed by atoms with Gasteiger partial charge in [-0.1, -0.05) is 0 Å². The Hall–Kier alpha value is -2.77. The van der Waals surface area contributed by atoms with Gasteiger partial charge in [-0.15, -0.1) is 5.10 Å². The minimum absolute atomic E-state index is 0.0110. The second-order valence-corrected chi connectivity index (χ2v) is 6.85. The van der Waals surface area contributed by atoms with Crippen molar-refractivity contribution in [2.75, 3.05) is 24.5 Å². The van der Waals surface area contributed by atoms with E-state index in [1.807, 2.05) is 0 Å². The number of likely N-dealkylation sites (tertiary alicyclic amines) is 1. The summed E-state index contributed by atoms with van der Waals surface area (Å²) < 4.78 is 14.6. The first kappa shape index (κ1) is 15.7. The molecule has 1 aromatic heterocycles. The van der Waals surface area contributed by atoms with Gasteiger partial charge >= 0.3 is 0 Å².